The molecule has 2 radical (unpaired) electrons. The van der Waals surface area contributed by atoms with Crippen LogP contribution >= 0.6 is 0 Å². The molecule has 0 bridgehead atoms. The van der Waals surface area contributed by atoms with Gasteiger partial charge in [-0.3, -0.25) is 0 Å². The summed E-state index contributed by atoms with van der Waals surface area (Å²) in [5.41, 5.74) is 5.17. The molecule has 5 aromatic carbocycles. The van der Waals surface area contributed by atoms with Crippen LogP contribution in [0.2, 0.25) is 0 Å². The molecule has 0 atom stereocenters. The van der Waals surface area contributed by atoms with Crippen molar-refractivity contribution < 1.29 is 0 Å². The Balaban J connectivity index is 1.94. The lowest BCUT2D eigenvalue weighted by atomic mass is 9.88. The summed E-state index contributed by atoms with van der Waals surface area (Å²) < 4.78 is 0. The molecule has 6 rings (SSSR count). The van der Waals surface area contributed by atoms with Crippen molar-refractivity contribution in [3.63, 3.8) is 0 Å². The second kappa shape index (κ2) is 6.18. The predicted octanol–water partition coefficient (Wildman–Crippen LogP) is 6.16. The van der Waals surface area contributed by atoms with Crippen molar-refractivity contribution in [1.82, 2.24) is 4.98 Å². The molecule has 1 heterocycles. The molecule has 29 heavy (non-hydrogen) atoms. The van der Waals surface area contributed by atoms with E-state index in [2.05, 4.69) is 84.9 Å². The van der Waals surface area contributed by atoms with Crippen molar-refractivity contribution in [2.45, 2.75) is 0 Å². The van der Waals surface area contributed by atoms with Crippen LogP contribution in [-0.2, 0) is 0 Å². The fraction of sp³-hybridized carbons (Fsp3) is 0. The molecular formula is C27H16BN. The average Bonchev–Trinajstić information content (AvgIpc) is 2.78. The first kappa shape index (κ1) is 16.3. The smallest absolute Gasteiger partial charge is 0.113 e. The van der Waals surface area contributed by atoms with Crippen LogP contribution in [0.25, 0.3) is 54.5 Å². The number of nitrogens with zero attached hydrogens (tertiary/aromatic N) is 1. The highest BCUT2D eigenvalue weighted by Crippen LogP contribution is 2.41. The first-order valence-corrected chi connectivity index (χ1v) is 9.78. The SMILES string of the molecule is [B]c1ccc(-c2c3c(ccc4ccccc43)nc3ccc4ccccc4c23)cc1. The molecule has 0 amide bonds. The second-order valence-electron chi connectivity index (χ2n) is 7.47. The van der Waals surface area contributed by atoms with Crippen molar-refractivity contribution in [2.24, 2.45) is 0 Å². The number of rotatable bonds is 1. The van der Waals surface area contributed by atoms with Gasteiger partial charge in [0.2, 0.25) is 0 Å². The normalized spacial score (nSPS) is 11.6. The van der Waals surface area contributed by atoms with Gasteiger partial charge in [0, 0.05) is 16.3 Å². The van der Waals surface area contributed by atoms with Crippen LogP contribution < -0.4 is 5.46 Å². The Bertz CT molecular complexity index is 1460. The maximum absolute atomic E-state index is 6.00. The van der Waals surface area contributed by atoms with Gasteiger partial charge in [-0.1, -0.05) is 90.4 Å². The number of benzene rings is 5. The van der Waals surface area contributed by atoms with Crippen LogP contribution in [0.5, 0.6) is 0 Å². The van der Waals surface area contributed by atoms with Gasteiger partial charge in [-0.15, -0.1) is 0 Å². The van der Waals surface area contributed by atoms with Gasteiger partial charge >= 0.3 is 0 Å². The van der Waals surface area contributed by atoms with Crippen molar-refractivity contribution >= 4 is 56.7 Å². The van der Waals surface area contributed by atoms with E-state index < -0.39 is 0 Å². The molecule has 0 unspecified atom stereocenters. The van der Waals surface area contributed by atoms with E-state index in [9.17, 15) is 0 Å². The van der Waals surface area contributed by atoms with E-state index in [1.807, 2.05) is 12.1 Å². The molecule has 0 saturated heterocycles. The number of hydrogen-bond acceptors (Lipinski definition) is 1. The minimum atomic E-state index is 0.770. The lowest BCUT2D eigenvalue weighted by Gasteiger charge is -2.16. The van der Waals surface area contributed by atoms with Crippen LogP contribution in [0, 0.1) is 0 Å². The number of aromatic nitrogens is 1. The highest BCUT2D eigenvalue weighted by molar-refractivity contribution is 6.32. The predicted molar refractivity (Wildman–Crippen MR) is 125 cm³/mol. The van der Waals surface area contributed by atoms with Crippen LogP contribution in [0.1, 0.15) is 0 Å². The lowest BCUT2D eigenvalue weighted by molar-refractivity contribution is 1.51. The van der Waals surface area contributed by atoms with Gasteiger partial charge in [-0.05, 0) is 39.2 Å². The third kappa shape index (κ3) is 2.46. The monoisotopic (exact) mass is 365 g/mol. The molecule has 1 nitrogen and oxygen atoms in total. The molecule has 132 valence electrons. The zero-order valence-electron chi connectivity index (χ0n) is 15.8. The first-order valence-electron chi connectivity index (χ1n) is 9.78. The van der Waals surface area contributed by atoms with Crippen molar-refractivity contribution in [1.29, 1.82) is 0 Å². The minimum absolute atomic E-state index is 0.770. The second-order valence-corrected chi connectivity index (χ2v) is 7.47. The lowest BCUT2D eigenvalue weighted by Crippen LogP contribution is -2.00. The zero-order chi connectivity index (χ0) is 19.4. The molecule has 6 aromatic rings. The Kier molecular flexibility index (Phi) is 3.48. The Morgan fingerprint density at radius 2 is 1.03 bits per heavy atom. The highest BCUT2D eigenvalue weighted by atomic mass is 14.7. The largest absolute Gasteiger partial charge is 0.248 e. The van der Waals surface area contributed by atoms with Crippen LogP contribution in [0.4, 0.5) is 0 Å². The summed E-state index contributed by atoms with van der Waals surface area (Å²) in [5, 5.41) is 7.27. The fourth-order valence-corrected chi connectivity index (χ4v) is 4.43. The van der Waals surface area contributed by atoms with Crippen LogP contribution in [0.3, 0.4) is 0 Å². The molecule has 1 aromatic heterocycles. The van der Waals surface area contributed by atoms with E-state index in [0.29, 0.717) is 0 Å². The summed E-state index contributed by atoms with van der Waals surface area (Å²) in [6, 6.07) is 33.8. The maximum atomic E-state index is 6.00. The third-order valence-corrected chi connectivity index (χ3v) is 5.75. The summed E-state index contributed by atoms with van der Waals surface area (Å²) >= 11 is 0. The highest BCUT2D eigenvalue weighted by Gasteiger charge is 2.16. The van der Waals surface area contributed by atoms with Gasteiger partial charge in [0.25, 0.3) is 0 Å². The zero-order valence-corrected chi connectivity index (χ0v) is 15.8. The minimum Gasteiger partial charge on any atom is -0.248 e. The van der Waals surface area contributed by atoms with Crippen molar-refractivity contribution in [2.75, 3.05) is 0 Å². The maximum Gasteiger partial charge on any atom is 0.113 e. The van der Waals surface area contributed by atoms with Gasteiger partial charge in [-0.25, -0.2) is 4.98 Å². The number of hydrogen-bond donors (Lipinski definition) is 0. The van der Waals surface area contributed by atoms with Gasteiger partial charge < -0.3 is 0 Å². The topological polar surface area (TPSA) is 12.9 Å². The summed E-state index contributed by atoms with van der Waals surface area (Å²) in [6.45, 7) is 0. The van der Waals surface area contributed by atoms with E-state index >= 15 is 0 Å². The van der Waals surface area contributed by atoms with Crippen molar-refractivity contribution in [3.8, 4) is 11.1 Å². The molecule has 0 fully saturated rings. The van der Waals surface area contributed by atoms with E-state index in [1.165, 1.54) is 37.9 Å². The molecule has 2 heteroatoms. The van der Waals surface area contributed by atoms with E-state index in [-0.39, 0.29) is 0 Å². The van der Waals surface area contributed by atoms with Crippen molar-refractivity contribution in [3.05, 3.63) is 97.1 Å². The van der Waals surface area contributed by atoms with Gasteiger partial charge in [0.15, 0.2) is 0 Å². The van der Waals surface area contributed by atoms with E-state index in [0.717, 1.165) is 22.1 Å². The number of fused-ring (bicyclic) bond motifs is 6. The van der Waals surface area contributed by atoms with Gasteiger partial charge in [0.1, 0.15) is 7.85 Å². The molecule has 0 aliphatic rings. The molecular weight excluding hydrogens is 349 g/mol. The Morgan fingerprint density at radius 3 is 1.59 bits per heavy atom. The van der Waals surface area contributed by atoms with Gasteiger partial charge in [-0.2, -0.15) is 0 Å². The average molecular weight is 365 g/mol. The summed E-state index contributed by atoms with van der Waals surface area (Å²) in [4.78, 5) is 5.06. The summed E-state index contributed by atoms with van der Waals surface area (Å²) in [7, 11) is 6.00. The standard InChI is InChI=1S/C27H16BN/c28-20-13-9-19(10-14-20)25-26-21-7-3-1-5-17(21)11-15-23(26)29-24-16-12-18-6-2-4-8-22(18)27(24)25/h1-16H. The molecule has 0 saturated carbocycles. The van der Waals surface area contributed by atoms with E-state index in [4.69, 9.17) is 12.8 Å². The Labute approximate surface area is 170 Å². The summed E-state index contributed by atoms with van der Waals surface area (Å²) in [6.07, 6.45) is 0. The summed E-state index contributed by atoms with van der Waals surface area (Å²) in [5.74, 6) is 0. The van der Waals surface area contributed by atoms with Crippen LogP contribution in [-0.4, -0.2) is 12.8 Å². The van der Waals surface area contributed by atoms with E-state index in [1.54, 1.807) is 0 Å². The molecule has 0 spiro atoms. The number of pyridine rings is 1. The third-order valence-electron chi connectivity index (χ3n) is 5.75. The fourth-order valence-electron chi connectivity index (χ4n) is 4.43. The first-order chi connectivity index (χ1) is 14.3. The molecule has 0 aliphatic carbocycles. The quantitative estimate of drug-likeness (QED) is 0.193. The molecule has 0 aliphatic heterocycles. The molecule has 0 N–H and O–H groups in total. The Hall–Kier alpha value is -3.65. The van der Waals surface area contributed by atoms with Crippen LogP contribution in [0.15, 0.2) is 97.1 Å². The van der Waals surface area contributed by atoms with Gasteiger partial charge in [0.05, 0.1) is 11.0 Å². The Morgan fingerprint density at radius 1 is 0.517 bits per heavy atom.